The van der Waals surface area contributed by atoms with Gasteiger partial charge in [0, 0.05) is 12.2 Å². The Morgan fingerprint density at radius 2 is 2.32 bits per heavy atom. The Morgan fingerprint density at radius 1 is 1.47 bits per heavy atom. The van der Waals surface area contributed by atoms with E-state index in [1.807, 2.05) is 6.92 Å². The number of carbonyl (C=O) groups excluding carboxylic acids is 1. The van der Waals surface area contributed by atoms with Gasteiger partial charge in [-0.3, -0.25) is 4.79 Å². The van der Waals surface area contributed by atoms with Crippen molar-refractivity contribution in [1.82, 2.24) is 20.7 Å². The Hall–Kier alpha value is -1.95. The summed E-state index contributed by atoms with van der Waals surface area (Å²) in [5.74, 6) is -0.104. The minimum atomic E-state index is -0.104. The smallest absolute Gasteiger partial charge is 0.251 e. The van der Waals surface area contributed by atoms with Crippen molar-refractivity contribution in [1.29, 1.82) is 0 Å². The highest BCUT2D eigenvalue weighted by molar-refractivity contribution is 5.97. The number of nitrogens with one attached hydrogen (secondary N) is 2. The quantitative estimate of drug-likeness (QED) is 0.870. The van der Waals surface area contributed by atoms with Crippen LogP contribution in [0.25, 0.3) is 11.0 Å². The zero-order valence-electron chi connectivity index (χ0n) is 10.7. The maximum Gasteiger partial charge on any atom is 0.251 e. The first-order valence-electron chi connectivity index (χ1n) is 6.47. The van der Waals surface area contributed by atoms with Gasteiger partial charge in [0.1, 0.15) is 11.0 Å². The van der Waals surface area contributed by atoms with Gasteiger partial charge in [0.15, 0.2) is 0 Å². The van der Waals surface area contributed by atoms with Crippen LogP contribution in [0.15, 0.2) is 18.2 Å². The van der Waals surface area contributed by atoms with Gasteiger partial charge in [-0.25, -0.2) is 0 Å². The minimum absolute atomic E-state index is 0.0167. The molecule has 0 aliphatic carbocycles. The van der Waals surface area contributed by atoms with Gasteiger partial charge in [-0.1, -0.05) is 0 Å². The second kappa shape index (κ2) is 4.97. The number of hydrogen-bond acceptors (Lipinski definition) is 4. The molecule has 100 valence electrons. The molecule has 1 aliphatic rings. The zero-order valence-corrected chi connectivity index (χ0v) is 10.7. The van der Waals surface area contributed by atoms with Crippen molar-refractivity contribution in [3.8, 4) is 0 Å². The summed E-state index contributed by atoms with van der Waals surface area (Å²) < 4.78 is 5.57. The largest absolute Gasteiger partial charge is 0.376 e. The number of aromatic nitrogens is 3. The molecule has 2 aromatic rings. The van der Waals surface area contributed by atoms with Crippen molar-refractivity contribution in [2.24, 2.45) is 0 Å². The Kier molecular flexibility index (Phi) is 3.16. The number of fused-ring (bicyclic) bond motifs is 1. The molecule has 2 N–H and O–H groups in total. The van der Waals surface area contributed by atoms with Crippen molar-refractivity contribution in [2.45, 2.75) is 31.9 Å². The van der Waals surface area contributed by atoms with E-state index in [0.29, 0.717) is 11.1 Å². The van der Waals surface area contributed by atoms with Crippen LogP contribution in [0.1, 0.15) is 30.1 Å². The first-order valence-corrected chi connectivity index (χ1v) is 6.47. The van der Waals surface area contributed by atoms with Crippen LogP contribution < -0.4 is 5.32 Å². The highest BCUT2D eigenvalue weighted by Gasteiger charge is 2.24. The van der Waals surface area contributed by atoms with Crippen LogP contribution in [-0.2, 0) is 4.74 Å². The molecule has 0 unspecified atom stereocenters. The molecule has 6 nitrogen and oxygen atoms in total. The molecule has 1 fully saturated rings. The van der Waals surface area contributed by atoms with E-state index in [0.717, 1.165) is 25.0 Å². The summed E-state index contributed by atoms with van der Waals surface area (Å²) in [5, 5.41) is 13.4. The van der Waals surface area contributed by atoms with Crippen LogP contribution in [0, 0.1) is 0 Å². The Labute approximate surface area is 110 Å². The summed E-state index contributed by atoms with van der Waals surface area (Å²) in [6, 6.07) is 5.28. The van der Waals surface area contributed by atoms with Crippen LogP contribution in [-0.4, -0.2) is 40.1 Å². The fourth-order valence-corrected chi connectivity index (χ4v) is 2.36. The molecule has 0 radical (unpaired) electrons. The molecule has 1 aromatic heterocycles. The molecule has 0 spiro atoms. The molecule has 1 aromatic carbocycles. The number of rotatable bonds is 3. The maximum absolute atomic E-state index is 12.2. The van der Waals surface area contributed by atoms with Gasteiger partial charge in [0.05, 0.1) is 12.1 Å². The van der Waals surface area contributed by atoms with E-state index in [4.69, 9.17) is 4.74 Å². The van der Waals surface area contributed by atoms with E-state index >= 15 is 0 Å². The molecular weight excluding hydrogens is 244 g/mol. The van der Waals surface area contributed by atoms with E-state index in [2.05, 4.69) is 20.7 Å². The Bertz CT molecular complexity index is 589. The van der Waals surface area contributed by atoms with Crippen LogP contribution in [0.3, 0.4) is 0 Å². The number of ether oxygens (including phenoxy) is 1. The lowest BCUT2D eigenvalue weighted by Crippen LogP contribution is -2.40. The topological polar surface area (TPSA) is 79.9 Å². The van der Waals surface area contributed by atoms with Crippen molar-refractivity contribution in [3.63, 3.8) is 0 Å². The Morgan fingerprint density at radius 3 is 3.11 bits per heavy atom. The molecule has 0 bridgehead atoms. The first kappa shape index (κ1) is 12.1. The third-order valence-corrected chi connectivity index (χ3v) is 3.46. The van der Waals surface area contributed by atoms with Gasteiger partial charge in [-0.05, 0) is 38.0 Å². The second-order valence-corrected chi connectivity index (χ2v) is 4.84. The summed E-state index contributed by atoms with van der Waals surface area (Å²) in [5.41, 5.74) is 2.03. The lowest BCUT2D eigenvalue weighted by molar-refractivity contribution is 0.0712. The van der Waals surface area contributed by atoms with Gasteiger partial charge in [0.25, 0.3) is 5.91 Å². The first-order chi connectivity index (χ1) is 9.24. The van der Waals surface area contributed by atoms with E-state index < -0.39 is 0 Å². The average Bonchev–Trinajstić information content (AvgIpc) is 3.09. The van der Waals surface area contributed by atoms with E-state index in [9.17, 15) is 4.79 Å². The van der Waals surface area contributed by atoms with Crippen molar-refractivity contribution >= 4 is 16.9 Å². The number of hydrogen-bond donors (Lipinski definition) is 2. The number of amides is 1. The molecular formula is C13H16N4O2. The minimum Gasteiger partial charge on any atom is -0.376 e. The van der Waals surface area contributed by atoms with E-state index in [1.165, 1.54) is 0 Å². The fraction of sp³-hybridized carbons (Fsp3) is 0.462. The second-order valence-electron chi connectivity index (χ2n) is 4.84. The molecule has 0 saturated carbocycles. The van der Waals surface area contributed by atoms with Gasteiger partial charge >= 0.3 is 0 Å². The van der Waals surface area contributed by atoms with Gasteiger partial charge in [0.2, 0.25) is 0 Å². The third kappa shape index (κ3) is 2.44. The number of benzene rings is 1. The molecule has 19 heavy (non-hydrogen) atoms. The maximum atomic E-state index is 12.2. The van der Waals surface area contributed by atoms with Crippen LogP contribution >= 0.6 is 0 Å². The number of aromatic amines is 1. The van der Waals surface area contributed by atoms with Crippen LogP contribution in [0.4, 0.5) is 0 Å². The molecule has 2 heterocycles. The van der Waals surface area contributed by atoms with Crippen molar-refractivity contribution < 1.29 is 9.53 Å². The zero-order chi connectivity index (χ0) is 13.2. The number of carbonyl (C=O) groups is 1. The fourth-order valence-electron chi connectivity index (χ4n) is 2.36. The normalized spacial score (nSPS) is 20.6. The molecule has 3 rings (SSSR count). The summed E-state index contributed by atoms with van der Waals surface area (Å²) in [7, 11) is 0. The molecule has 2 atom stereocenters. The van der Waals surface area contributed by atoms with E-state index in [-0.39, 0.29) is 18.1 Å². The van der Waals surface area contributed by atoms with E-state index in [1.54, 1.807) is 18.2 Å². The predicted molar refractivity (Wildman–Crippen MR) is 69.8 cm³/mol. The summed E-state index contributed by atoms with van der Waals surface area (Å²) in [6.45, 7) is 2.76. The average molecular weight is 260 g/mol. The highest BCUT2D eigenvalue weighted by atomic mass is 16.5. The number of H-pyrrole nitrogens is 1. The predicted octanol–water partition coefficient (Wildman–Crippen LogP) is 1.26. The van der Waals surface area contributed by atoms with Gasteiger partial charge in [-0.2, -0.15) is 15.4 Å². The summed E-state index contributed by atoms with van der Waals surface area (Å²) in [6.07, 6.45) is 2.19. The van der Waals surface area contributed by atoms with Crippen LogP contribution in [0.2, 0.25) is 0 Å². The van der Waals surface area contributed by atoms with Gasteiger partial charge < -0.3 is 10.1 Å². The van der Waals surface area contributed by atoms with Crippen molar-refractivity contribution in [3.05, 3.63) is 23.8 Å². The molecule has 1 saturated heterocycles. The lowest BCUT2D eigenvalue weighted by atomic mass is 10.1. The number of nitrogens with zero attached hydrogens (tertiary/aromatic N) is 2. The van der Waals surface area contributed by atoms with Crippen LogP contribution in [0.5, 0.6) is 0 Å². The monoisotopic (exact) mass is 260 g/mol. The van der Waals surface area contributed by atoms with Gasteiger partial charge in [-0.15, -0.1) is 0 Å². The standard InChI is InChI=1S/C13H16N4O2/c1-8(12-3-2-6-19-12)14-13(18)9-4-5-10-11(7-9)16-17-15-10/h4-5,7-8,12H,2-3,6H2,1H3,(H,14,18)(H,15,16,17)/t8-,12-/m1/s1. The highest BCUT2D eigenvalue weighted by Crippen LogP contribution is 2.16. The molecule has 6 heteroatoms. The molecule has 1 amide bonds. The third-order valence-electron chi connectivity index (χ3n) is 3.46. The molecule has 1 aliphatic heterocycles. The van der Waals surface area contributed by atoms with Crippen molar-refractivity contribution in [2.75, 3.05) is 6.61 Å². The SMILES string of the molecule is C[C@@H](NC(=O)c1ccc2n[nH]nc2c1)[C@H]1CCCO1. The summed E-state index contributed by atoms with van der Waals surface area (Å²) >= 11 is 0. The Balaban J connectivity index is 1.71. The summed E-state index contributed by atoms with van der Waals surface area (Å²) in [4.78, 5) is 12.2. The lowest BCUT2D eigenvalue weighted by Gasteiger charge is -2.19.